The zero-order valence-electron chi connectivity index (χ0n) is 9.24. The van der Waals surface area contributed by atoms with Crippen molar-refractivity contribution in [3.05, 3.63) is 23.5 Å². The summed E-state index contributed by atoms with van der Waals surface area (Å²) in [5.41, 5.74) is 0.949. The highest BCUT2D eigenvalue weighted by Gasteiger charge is 2.30. The SMILES string of the molecule is O=C(O)C1CCCN1Cc1cn2ccsc2n1. The van der Waals surface area contributed by atoms with Crippen molar-refractivity contribution in [3.8, 4) is 0 Å². The molecule has 1 aliphatic heterocycles. The molecule has 1 fully saturated rings. The van der Waals surface area contributed by atoms with Crippen molar-refractivity contribution < 1.29 is 9.90 Å². The highest BCUT2D eigenvalue weighted by atomic mass is 32.1. The van der Waals surface area contributed by atoms with E-state index in [0.29, 0.717) is 6.54 Å². The van der Waals surface area contributed by atoms with Crippen LogP contribution in [0, 0.1) is 0 Å². The lowest BCUT2D eigenvalue weighted by molar-refractivity contribution is -0.142. The zero-order chi connectivity index (χ0) is 11.8. The number of hydrogen-bond donors (Lipinski definition) is 1. The van der Waals surface area contributed by atoms with Gasteiger partial charge in [0.1, 0.15) is 6.04 Å². The van der Waals surface area contributed by atoms with Crippen LogP contribution in [-0.4, -0.2) is 37.9 Å². The second kappa shape index (κ2) is 4.12. The average molecular weight is 251 g/mol. The number of imidazole rings is 1. The van der Waals surface area contributed by atoms with Gasteiger partial charge in [0.15, 0.2) is 4.96 Å². The van der Waals surface area contributed by atoms with Gasteiger partial charge in [-0.1, -0.05) is 0 Å². The topological polar surface area (TPSA) is 57.8 Å². The van der Waals surface area contributed by atoms with E-state index in [1.54, 1.807) is 11.3 Å². The second-order valence-corrected chi connectivity index (χ2v) is 5.16. The fourth-order valence-electron chi connectivity index (χ4n) is 2.36. The third-order valence-corrected chi connectivity index (χ3v) is 3.93. The molecule has 1 saturated heterocycles. The number of rotatable bonds is 3. The summed E-state index contributed by atoms with van der Waals surface area (Å²) in [6, 6.07) is -0.338. The number of likely N-dealkylation sites (tertiary alicyclic amines) is 1. The van der Waals surface area contributed by atoms with Gasteiger partial charge in [-0.2, -0.15) is 0 Å². The summed E-state index contributed by atoms with van der Waals surface area (Å²) in [5.74, 6) is -0.719. The number of thiazole rings is 1. The Hall–Kier alpha value is -1.40. The maximum absolute atomic E-state index is 11.1. The fraction of sp³-hybridized carbons (Fsp3) is 0.455. The lowest BCUT2D eigenvalue weighted by Gasteiger charge is -2.19. The number of carboxylic acid groups (broad SMARTS) is 1. The number of carbonyl (C=O) groups is 1. The molecule has 2 aromatic rings. The van der Waals surface area contributed by atoms with Gasteiger partial charge in [0.2, 0.25) is 0 Å². The van der Waals surface area contributed by atoms with Gasteiger partial charge >= 0.3 is 5.97 Å². The molecule has 0 bridgehead atoms. The van der Waals surface area contributed by atoms with E-state index in [9.17, 15) is 4.79 Å². The van der Waals surface area contributed by atoms with Crippen molar-refractivity contribution >= 4 is 22.3 Å². The molecule has 0 aromatic carbocycles. The normalized spacial score (nSPS) is 21.3. The molecule has 3 rings (SSSR count). The summed E-state index contributed by atoms with van der Waals surface area (Å²) in [5, 5.41) is 11.1. The van der Waals surface area contributed by atoms with Crippen LogP contribution >= 0.6 is 11.3 Å². The summed E-state index contributed by atoms with van der Waals surface area (Å²) in [7, 11) is 0. The Kier molecular flexibility index (Phi) is 2.60. The van der Waals surface area contributed by atoms with Crippen LogP contribution in [0.5, 0.6) is 0 Å². The molecular weight excluding hydrogens is 238 g/mol. The van der Waals surface area contributed by atoms with Crippen LogP contribution in [0.25, 0.3) is 4.96 Å². The van der Waals surface area contributed by atoms with Crippen LogP contribution in [0.15, 0.2) is 17.8 Å². The predicted octanol–water partition coefficient (Wildman–Crippen LogP) is 1.44. The third-order valence-electron chi connectivity index (χ3n) is 3.16. The molecule has 0 spiro atoms. The minimum absolute atomic E-state index is 0.338. The van der Waals surface area contributed by atoms with Crippen molar-refractivity contribution in [2.24, 2.45) is 0 Å². The molecule has 1 aliphatic rings. The first-order valence-electron chi connectivity index (χ1n) is 5.62. The van der Waals surface area contributed by atoms with Gasteiger partial charge in [0.05, 0.1) is 5.69 Å². The summed E-state index contributed by atoms with van der Waals surface area (Å²) in [6.45, 7) is 1.48. The van der Waals surface area contributed by atoms with E-state index in [2.05, 4.69) is 4.98 Å². The van der Waals surface area contributed by atoms with E-state index >= 15 is 0 Å². The highest BCUT2D eigenvalue weighted by Crippen LogP contribution is 2.21. The molecular formula is C11H13N3O2S. The Morgan fingerprint density at radius 3 is 3.29 bits per heavy atom. The summed E-state index contributed by atoms with van der Waals surface area (Å²) < 4.78 is 1.98. The molecule has 5 nitrogen and oxygen atoms in total. The smallest absolute Gasteiger partial charge is 0.320 e. The van der Waals surface area contributed by atoms with Gasteiger partial charge in [-0.25, -0.2) is 4.98 Å². The number of aliphatic carboxylic acids is 1. The molecule has 1 unspecified atom stereocenters. The number of fused-ring (bicyclic) bond motifs is 1. The van der Waals surface area contributed by atoms with Crippen molar-refractivity contribution in [2.75, 3.05) is 6.54 Å². The third kappa shape index (κ3) is 1.94. The van der Waals surface area contributed by atoms with Crippen LogP contribution < -0.4 is 0 Å². The molecule has 3 heterocycles. The molecule has 0 radical (unpaired) electrons. The lowest BCUT2D eigenvalue weighted by Crippen LogP contribution is -2.35. The van der Waals surface area contributed by atoms with Gasteiger partial charge in [-0.15, -0.1) is 11.3 Å². The maximum Gasteiger partial charge on any atom is 0.320 e. The van der Waals surface area contributed by atoms with Gasteiger partial charge in [0.25, 0.3) is 0 Å². The Balaban J connectivity index is 1.78. The van der Waals surface area contributed by atoms with Gasteiger partial charge in [0, 0.05) is 24.3 Å². The molecule has 2 aromatic heterocycles. The molecule has 1 atom stereocenters. The Morgan fingerprint density at radius 2 is 2.53 bits per heavy atom. The maximum atomic E-state index is 11.1. The van der Waals surface area contributed by atoms with E-state index in [1.807, 2.05) is 27.1 Å². The first kappa shape index (κ1) is 10.7. The van der Waals surface area contributed by atoms with Crippen LogP contribution in [0.4, 0.5) is 0 Å². The van der Waals surface area contributed by atoms with Crippen molar-refractivity contribution in [1.29, 1.82) is 0 Å². The summed E-state index contributed by atoms with van der Waals surface area (Å²) in [4.78, 5) is 18.5. The monoisotopic (exact) mass is 251 g/mol. The first-order chi connectivity index (χ1) is 8.24. The fourth-order valence-corrected chi connectivity index (χ4v) is 3.07. The average Bonchev–Trinajstić information content (AvgIpc) is 2.91. The largest absolute Gasteiger partial charge is 0.480 e. The first-order valence-corrected chi connectivity index (χ1v) is 6.50. The van der Waals surface area contributed by atoms with E-state index in [1.165, 1.54) is 0 Å². The molecule has 0 saturated carbocycles. The molecule has 0 amide bonds. The second-order valence-electron chi connectivity index (χ2n) is 4.29. The van der Waals surface area contributed by atoms with Crippen molar-refractivity contribution in [3.63, 3.8) is 0 Å². The minimum atomic E-state index is -0.719. The van der Waals surface area contributed by atoms with E-state index < -0.39 is 5.97 Å². The Labute approximate surface area is 102 Å². The van der Waals surface area contributed by atoms with E-state index in [-0.39, 0.29) is 6.04 Å². The molecule has 17 heavy (non-hydrogen) atoms. The van der Waals surface area contributed by atoms with Gasteiger partial charge < -0.3 is 5.11 Å². The highest BCUT2D eigenvalue weighted by molar-refractivity contribution is 7.15. The van der Waals surface area contributed by atoms with Crippen LogP contribution in [0.3, 0.4) is 0 Å². The predicted molar refractivity (Wildman–Crippen MR) is 64.1 cm³/mol. The van der Waals surface area contributed by atoms with E-state index in [0.717, 1.165) is 30.0 Å². The summed E-state index contributed by atoms with van der Waals surface area (Å²) >= 11 is 1.59. The number of aromatic nitrogens is 2. The van der Waals surface area contributed by atoms with Crippen molar-refractivity contribution in [1.82, 2.24) is 14.3 Å². The number of hydrogen-bond acceptors (Lipinski definition) is 4. The van der Waals surface area contributed by atoms with Crippen LogP contribution in [-0.2, 0) is 11.3 Å². The van der Waals surface area contributed by atoms with Crippen molar-refractivity contribution in [2.45, 2.75) is 25.4 Å². The molecule has 0 aliphatic carbocycles. The lowest BCUT2D eigenvalue weighted by atomic mass is 10.2. The van der Waals surface area contributed by atoms with Gasteiger partial charge in [-0.05, 0) is 19.4 Å². The molecule has 6 heteroatoms. The minimum Gasteiger partial charge on any atom is -0.480 e. The Bertz CT molecular complexity index is 519. The molecule has 90 valence electrons. The standard InChI is InChI=1S/C11H13N3O2S/c15-10(16)9-2-1-3-13(9)6-8-7-14-4-5-17-11(14)12-8/h4-5,7,9H,1-3,6H2,(H,15,16). The van der Waals surface area contributed by atoms with Crippen LogP contribution in [0.2, 0.25) is 0 Å². The number of carboxylic acids is 1. The van der Waals surface area contributed by atoms with Crippen LogP contribution in [0.1, 0.15) is 18.5 Å². The Morgan fingerprint density at radius 1 is 1.65 bits per heavy atom. The molecule has 1 N–H and O–H groups in total. The number of nitrogens with zero attached hydrogens (tertiary/aromatic N) is 3. The van der Waals surface area contributed by atoms with Gasteiger partial charge in [-0.3, -0.25) is 14.1 Å². The quantitative estimate of drug-likeness (QED) is 0.897. The zero-order valence-corrected chi connectivity index (χ0v) is 10.1. The van der Waals surface area contributed by atoms with E-state index in [4.69, 9.17) is 5.11 Å². The summed E-state index contributed by atoms with van der Waals surface area (Å²) in [6.07, 6.45) is 5.65.